The highest BCUT2D eigenvalue weighted by Crippen LogP contribution is 2.35. The number of hydrazine groups is 1. The molecular formula is C41H53N11O4. The molecule has 3 fully saturated rings. The van der Waals surface area contributed by atoms with Gasteiger partial charge in [-0.1, -0.05) is 43.9 Å². The fraction of sp³-hybridized carbons (Fsp3) is 0.463. The molecule has 1 atom stereocenters. The van der Waals surface area contributed by atoms with Gasteiger partial charge in [0.1, 0.15) is 23.2 Å². The molecule has 4 amide bonds. The van der Waals surface area contributed by atoms with E-state index in [2.05, 4.69) is 44.3 Å². The minimum Gasteiger partial charge on any atom is -0.490 e. The average molecular weight is 764 g/mol. The molecule has 296 valence electrons. The summed E-state index contributed by atoms with van der Waals surface area (Å²) in [6, 6.07) is 11.2. The molecular weight excluding hydrogens is 711 g/mol. The smallest absolute Gasteiger partial charge is 0.325 e. The Balaban J connectivity index is 0.000000160. The van der Waals surface area contributed by atoms with Gasteiger partial charge < -0.3 is 29.3 Å². The Labute approximate surface area is 327 Å². The van der Waals surface area contributed by atoms with Crippen molar-refractivity contribution in [1.29, 1.82) is 0 Å². The van der Waals surface area contributed by atoms with Gasteiger partial charge in [0.2, 0.25) is 5.91 Å². The summed E-state index contributed by atoms with van der Waals surface area (Å²) in [6.45, 7) is 6.96. The highest BCUT2D eigenvalue weighted by atomic mass is 16.5. The summed E-state index contributed by atoms with van der Waals surface area (Å²) in [5.41, 5.74) is 8.80. The van der Waals surface area contributed by atoms with E-state index >= 15 is 0 Å². The van der Waals surface area contributed by atoms with Crippen molar-refractivity contribution < 1.29 is 19.1 Å². The largest absolute Gasteiger partial charge is 0.490 e. The van der Waals surface area contributed by atoms with Crippen LogP contribution in [0.4, 0.5) is 16.2 Å². The van der Waals surface area contributed by atoms with Crippen molar-refractivity contribution in [2.24, 2.45) is 0 Å². The molecule has 3 N–H and O–H groups in total. The van der Waals surface area contributed by atoms with Crippen molar-refractivity contribution in [2.75, 3.05) is 44.1 Å². The van der Waals surface area contributed by atoms with Crippen LogP contribution < -0.4 is 25.8 Å². The molecule has 5 aromatic rings. The van der Waals surface area contributed by atoms with E-state index in [-0.39, 0.29) is 30.1 Å². The molecule has 1 aromatic carbocycles. The zero-order valence-electron chi connectivity index (χ0n) is 32.8. The second-order valence-corrected chi connectivity index (χ2v) is 15.2. The van der Waals surface area contributed by atoms with Crippen LogP contribution in [0, 0.1) is 0 Å². The molecule has 0 radical (unpaired) electrons. The minimum atomic E-state index is -0.339. The van der Waals surface area contributed by atoms with Gasteiger partial charge in [-0.3, -0.25) is 14.9 Å². The fourth-order valence-electron chi connectivity index (χ4n) is 7.72. The van der Waals surface area contributed by atoms with Crippen molar-refractivity contribution in [2.45, 2.75) is 89.8 Å². The van der Waals surface area contributed by atoms with Crippen LogP contribution in [0.25, 0.3) is 11.3 Å². The number of fused-ring (bicyclic) bond motifs is 3. The first kappa shape index (κ1) is 38.7. The monoisotopic (exact) mass is 763 g/mol. The second kappa shape index (κ2) is 17.5. The number of anilines is 2. The SMILES string of the molecule is CC(C)Oc1cc2nc(C3CCCCC3)cn2cc1C(=O)Nc1cnn2cccnc12.CN1CCCCC1.CN1NC(N2CCC(=O)NC2=O)c2ccccc21. The highest BCUT2D eigenvalue weighted by molar-refractivity contribution is 6.07. The maximum Gasteiger partial charge on any atom is 0.325 e. The van der Waals surface area contributed by atoms with Gasteiger partial charge in [0, 0.05) is 62.3 Å². The first-order valence-corrected chi connectivity index (χ1v) is 19.8. The molecule has 15 nitrogen and oxygen atoms in total. The number of imidazole rings is 1. The van der Waals surface area contributed by atoms with Gasteiger partial charge in [-0.25, -0.2) is 24.7 Å². The van der Waals surface area contributed by atoms with Crippen LogP contribution in [0.3, 0.4) is 0 Å². The summed E-state index contributed by atoms with van der Waals surface area (Å²) in [5, 5.41) is 11.4. The Bertz CT molecular complexity index is 2150. The fourth-order valence-corrected chi connectivity index (χ4v) is 7.72. The number of urea groups is 1. The van der Waals surface area contributed by atoms with Crippen LogP contribution in [-0.4, -0.2) is 91.5 Å². The first-order valence-electron chi connectivity index (χ1n) is 19.8. The number of carbonyl (C=O) groups is 3. The lowest BCUT2D eigenvalue weighted by atomic mass is 9.87. The zero-order chi connectivity index (χ0) is 39.2. The third kappa shape index (κ3) is 8.95. The van der Waals surface area contributed by atoms with Gasteiger partial charge in [-0.2, -0.15) is 5.10 Å². The number of nitrogens with one attached hydrogen (secondary N) is 3. The molecule has 4 aliphatic rings. The van der Waals surface area contributed by atoms with E-state index in [1.165, 1.54) is 64.5 Å². The maximum atomic E-state index is 13.2. The molecule has 9 rings (SSSR count). The highest BCUT2D eigenvalue weighted by Gasteiger charge is 2.36. The van der Waals surface area contributed by atoms with E-state index in [1.807, 2.05) is 60.6 Å². The summed E-state index contributed by atoms with van der Waals surface area (Å²) >= 11 is 0. The number of pyridine rings is 1. The molecule has 1 saturated carbocycles. The van der Waals surface area contributed by atoms with E-state index in [0.29, 0.717) is 41.5 Å². The quantitative estimate of drug-likeness (QED) is 0.184. The molecule has 56 heavy (non-hydrogen) atoms. The van der Waals surface area contributed by atoms with Gasteiger partial charge in [-0.05, 0) is 71.8 Å². The third-order valence-electron chi connectivity index (χ3n) is 10.6. The number of benzene rings is 1. The van der Waals surface area contributed by atoms with Crippen LogP contribution in [-0.2, 0) is 4.79 Å². The average Bonchev–Trinajstić information content (AvgIpc) is 3.91. The van der Waals surface area contributed by atoms with E-state index in [1.54, 1.807) is 40.3 Å². The van der Waals surface area contributed by atoms with Crippen LogP contribution in [0.5, 0.6) is 5.75 Å². The second-order valence-electron chi connectivity index (χ2n) is 15.2. The zero-order valence-corrected chi connectivity index (χ0v) is 32.8. The number of aromatic nitrogens is 5. The molecule has 3 aliphatic heterocycles. The Morgan fingerprint density at radius 3 is 2.46 bits per heavy atom. The normalized spacial score (nSPS) is 18.9. The summed E-state index contributed by atoms with van der Waals surface area (Å²) < 4.78 is 9.54. The molecule has 1 unspecified atom stereocenters. The Hall–Kier alpha value is -5.54. The van der Waals surface area contributed by atoms with Crippen molar-refractivity contribution >= 4 is 40.5 Å². The summed E-state index contributed by atoms with van der Waals surface area (Å²) in [5.74, 6) is 0.525. The molecule has 15 heteroatoms. The topological polar surface area (TPSA) is 154 Å². The Morgan fingerprint density at radius 1 is 0.964 bits per heavy atom. The van der Waals surface area contributed by atoms with E-state index in [9.17, 15) is 14.4 Å². The predicted octanol–water partition coefficient (Wildman–Crippen LogP) is 6.15. The number of likely N-dealkylation sites (tertiary alicyclic amines) is 1. The molecule has 0 bridgehead atoms. The summed E-state index contributed by atoms with van der Waals surface area (Å²) in [6.07, 6.45) is 19.4. The minimum absolute atomic E-state index is 0.0691. The van der Waals surface area contributed by atoms with Gasteiger partial charge in [0.15, 0.2) is 5.65 Å². The molecule has 2 saturated heterocycles. The first-order chi connectivity index (χ1) is 27.1. The lowest BCUT2D eigenvalue weighted by Gasteiger charge is -2.32. The Morgan fingerprint density at radius 2 is 1.73 bits per heavy atom. The van der Waals surface area contributed by atoms with Crippen LogP contribution in [0.2, 0.25) is 0 Å². The number of piperidine rings is 1. The number of ether oxygens (including phenoxy) is 1. The molecule has 4 aromatic heterocycles. The number of carbonyl (C=O) groups excluding carboxylic acids is 3. The van der Waals surface area contributed by atoms with Crippen molar-refractivity contribution in [1.82, 2.24) is 44.5 Å². The number of hydrogen-bond acceptors (Lipinski definition) is 10. The Kier molecular flexibility index (Phi) is 12.1. The lowest BCUT2D eigenvalue weighted by Crippen LogP contribution is -2.53. The number of hydrogen-bond donors (Lipinski definition) is 3. The lowest BCUT2D eigenvalue weighted by molar-refractivity contribution is -0.121. The van der Waals surface area contributed by atoms with E-state index in [0.717, 1.165) is 22.6 Å². The van der Waals surface area contributed by atoms with Crippen LogP contribution in [0.15, 0.2) is 67.4 Å². The van der Waals surface area contributed by atoms with Gasteiger partial charge in [-0.15, -0.1) is 0 Å². The third-order valence-corrected chi connectivity index (χ3v) is 10.6. The van der Waals surface area contributed by atoms with Crippen molar-refractivity contribution in [3.05, 3.63) is 84.2 Å². The van der Waals surface area contributed by atoms with Crippen molar-refractivity contribution in [3.8, 4) is 5.75 Å². The predicted molar refractivity (Wildman–Crippen MR) is 215 cm³/mol. The van der Waals surface area contributed by atoms with Crippen molar-refractivity contribution in [3.63, 3.8) is 0 Å². The number of imide groups is 1. The number of para-hydroxylation sites is 1. The number of rotatable bonds is 6. The van der Waals surface area contributed by atoms with Crippen LogP contribution in [0.1, 0.15) is 105 Å². The summed E-state index contributed by atoms with van der Waals surface area (Å²) in [4.78, 5) is 49.4. The molecule has 0 spiro atoms. The number of nitrogens with zero attached hydrogens (tertiary/aromatic N) is 8. The number of amides is 4. The van der Waals surface area contributed by atoms with E-state index in [4.69, 9.17) is 9.72 Å². The van der Waals surface area contributed by atoms with E-state index < -0.39 is 0 Å². The molecule has 1 aliphatic carbocycles. The van der Waals surface area contributed by atoms with Gasteiger partial charge in [0.25, 0.3) is 5.91 Å². The maximum absolute atomic E-state index is 13.2. The van der Waals surface area contributed by atoms with Gasteiger partial charge >= 0.3 is 6.03 Å². The summed E-state index contributed by atoms with van der Waals surface area (Å²) in [7, 11) is 4.10. The van der Waals surface area contributed by atoms with Gasteiger partial charge in [0.05, 0.1) is 29.2 Å². The standard InChI is InChI=1S/C23H26N6O2.C12H14N4O2.C6H13N/c1-15(2)31-20-11-21-26-19(16-7-4-3-5-8-16)14-28(21)13-17(20)23(30)27-18-12-25-29-10-6-9-24-22(18)29;1-15-9-5-3-2-4-8(9)11(14-15)16-7-6-10(17)13-12(16)18;1-7-5-3-2-4-6-7/h6,9-16H,3-5,7-8H2,1-2H3,(H,27,30);2-5,11,14H,6-7H2,1H3,(H,13,17,18);2-6H2,1H3. The molecule has 7 heterocycles. The van der Waals surface area contributed by atoms with Crippen LogP contribution >= 0.6 is 0 Å².